The van der Waals surface area contributed by atoms with Gasteiger partial charge in [0.1, 0.15) is 5.75 Å². The van der Waals surface area contributed by atoms with Gasteiger partial charge in [0.15, 0.2) is 5.11 Å². The second-order valence-corrected chi connectivity index (χ2v) is 5.47. The first kappa shape index (κ1) is 17.4. The smallest absolute Gasteiger partial charge is 0.186 e. The molecule has 0 aliphatic rings. The molecule has 5 heteroatoms. The van der Waals surface area contributed by atoms with Crippen LogP contribution in [-0.2, 0) is 0 Å². The van der Waals surface area contributed by atoms with Crippen molar-refractivity contribution in [2.45, 2.75) is 40.5 Å². The van der Waals surface area contributed by atoms with Gasteiger partial charge in [0.2, 0.25) is 0 Å². The summed E-state index contributed by atoms with van der Waals surface area (Å²) in [6.45, 7) is 11.8. The number of nitrogens with zero attached hydrogens (tertiary/aromatic N) is 1. The summed E-state index contributed by atoms with van der Waals surface area (Å²) < 4.78 is 5.72. The van der Waals surface area contributed by atoms with Gasteiger partial charge >= 0.3 is 0 Å². The number of thiocarbonyl (C=S) groups is 1. The third-order valence-corrected chi connectivity index (χ3v) is 3.26. The molecule has 116 valence electrons. The molecule has 0 bridgehead atoms. The summed E-state index contributed by atoms with van der Waals surface area (Å²) in [7, 11) is 0. The minimum absolute atomic E-state index is 0.398. The molecule has 1 aromatic rings. The molecule has 2 N–H and O–H groups in total. The Labute approximate surface area is 133 Å². The average Bonchev–Trinajstić information content (AvgIpc) is 2.41. The predicted octanol–water partition coefficient (Wildman–Crippen LogP) is 3.34. The molecule has 1 aromatic carbocycles. The molecule has 0 fully saturated rings. The number of benzene rings is 1. The predicted molar refractivity (Wildman–Crippen MR) is 93.4 cm³/mol. The van der Waals surface area contributed by atoms with Gasteiger partial charge in [0.25, 0.3) is 0 Å². The Hall–Kier alpha value is -1.62. The van der Waals surface area contributed by atoms with E-state index in [2.05, 4.69) is 48.7 Å². The van der Waals surface area contributed by atoms with Crippen molar-refractivity contribution in [3.8, 4) is 5.75 Å². The molecule has 21 heavy (non-hydrogen) atoms. The van der Waals surface area contributed by atoms with E-state index >= 15 is 0 Å². The largest absolute Gasteiger partial charge is 0.494 e. The van der Waals surface area contributed by atoms with Crippen molar-refractivity contribution < 1.29 is 4.74 Å². The van der Waals surface area contributed by atoms with Crippen molar-refractivity contribution >= 4 is 23.5 Å². The standard InChI is InChI=1S/C16H25N3OS/c1-6-17-16(21)19-18-10-13-9-14(11(3)4)15(20-7-2)8-12(13)5/h8-11H,6-7H2,1-5H3,(H2,17,19,21)/b18-10-. The van der Waals surface area contributed by atoms with Gasteiger partial charge in [-0.05, 0) is 67.7 Å². The molecule has 0 aliphatic heterocycles. The van der Waals surface area contributed by atoms with Crippen LogP contribution in [-0.4, -0.2) is 24.5 Å². The highest BCUT2D eigenvalue weighted by atomic mass is 32.1. The van der Waals surface area contributed by atoms with E-state index in [4.69, 9.17) is 17.0 Å². The fourth-order valence-corrected chi connectivity index (χ4v) is 2.14. The molecule has 0 atom stereocenters. The Morgan fingerprint density at radius 3 is 2.67 bits per heavy atom. The van der Waals surface area contributed by atoms with Gasteiger partial charge in [-0.3, -0.25) is 5.43 Å². The number of ether oxygens (including phenoxy) is 1. The average molecular weight is 307 g/mol. The second-order valence-electron chi connectivity index (χ2n) is 5.06. The molecular formula is C16H25N3OS. The zero-order valence-electron chi connectivity index (χ0n) is 13.5. The molecule has 0 unspecified atom stereocenters. The highest BCUT2D eigenvalue weighted by molar-refractivity contribution is 7.80. The van der Waals surface area contributed by atoms with Gasteiger partial charge in [0, 0.05) is 6.54 Å². The van der Waals surface area contributed by atoms with Crippen LogP contribution in [0.25, 0.3) is 0 Å². The van der Waals surface area contributed by atoms with Gasteiger partial charge in [-0.2, -0.15) is 5.10 Å². The van der Waals surface area contributed by atoms with Crippen molar-refractivity contribution in [2.24, 2.45) is 5.10 Å². The first-order valence-electron chi connectivity index (χ1n) is 7.33. The van der Waals surface area contributed by atoms with Crippen LogP contribution in [0, 0.1) is 6.92 Å². The van der Waals surface area contributed by atoms with E-state index in [1.54, 1.807) is 6.21 Å². The Morgan fingerprint density at radius 1 is 1.38 bits per heavy atom. The normalized spacial score (nSPS) is 11.0. The highest BCUT2D eigenvalue weighted by Crippen LogP contribution is 2.29. The Morgan fingerprint density at radius 2 is 2.10 bits per heavy atom. The Kier molecular flexibility index (Phi) is 7.15. The summed E-state index contributed by atoms with van der Waals surface area (Å²) in [6, 6.07) is 4.20. The summed E-state index contributed by atoms with van der Waals surface area (Å²) in [6.07, 6.45) is 1.79. The van der Waals surface area contributed by atoms with Gasteiger partial charge in [-0.1, -0.05) is 13.8 Å². The minimum Gasteiger partial charge on any atom is -0.494 e. The van der Waals surface area contributed by atoms with E-state index in [0.29, 0.717) is 17.6 Å². The van der Waals surface area contributed by atoms with Crippen LogP contribution in [0.1, 0.15) is 50.3 Å². The van der Waals surface area contributed by atoms with E-state index in [1.807, 2.05) is 13.8 Å². The molecule has 0 aromatic heterocycles. The van der Waals surface area contributed by atoms with Crippen molar-refractivity contribution in [3.05, 3.63) is 28.8 Å². The lowest BCUT2D eigenvalue weighted by atomic mass is 9.97. The van der Waals surface area contributed by atoms with Gasteiger partial charge in [-0.25, -0.2) is 0 Å². The summed E-state index contributed by atoms with van der Waals surface area (Å²) in [4.78, 5) is 0. The summed E-state index contributed by atoms with van der Waals surface area (Å²) in [5.41, 5.74) is 6.19. The van der Waals surface area contributed by atoms with Crippen LogP contribution in [0.3, 0.4) is 0 Å². The van der Waals surface area contributed by atoms with Crippen molar-refractivity contribution in [2.75, 3.05) is 13.2 Å². The van der Waals surface area contributed by atoms with Gasteiger partial charge in [-0.15, -0.1) is 0 Å². The lowest BCUT2D eigenvalue weighted by molar-refractivity contribution is 0.335. The number of hydrogen-bond donors (Lipinski definition) is 2. The van der Waals surface area contributed by atoms with Gasteiger partial charge in [0.05, 0.1) is 12.8 Å². The maximum Gasteiger partial charge on any atom is 0.186 e. The summed E-state index contributed by atoms with van der Waals surface area (Å²) in [5, 5.41) is 7.70. The van der Waals surface area contributed by atoms with Gasteiger partial charge < -0.3 is 10.1 Å². The van der Waals surface area contributed by atoms with Crippen molar-refractivity contribution in [3.63, 3.8) is 0 Å². The molecule has 0 saturated heterocycles. The number of hydrazone groups is 1. The zero-order valence-corrected chi connectivity index (χ0v) is 14.3. The number of nitrogens with one attached hydrogen (secondary N) is 2. The molecule has 1 rings (SSSR count). The zero-order chi connectivity index (χ0) is 15.8. The lowest BCUT2D eigenvalue weighted by Crippen LogP contribution is -2.31. The van der Waals surface area contributed by atoms with Crippen molar-refractivity contribution in [1.29, 1.82) is 0 Å². The molecule has 0 aliphatic carbocycles. The molecular weight excluding hydrogens is 282 g/mol. The maximum atomic E-state index is 5.72. The van der Waals surface area contributed by atoms with Crippen LogP contribution < -0.4 is 15.5 Å². The number of rotatable bonds is 6. The third kappa shape index (κ3) is 5.34. The van der Waals surface area contributed by atoms with E-state index in [1.165, 1.54) is 5.56 Å². The second kappa shape index (κ2) is 8.62. The topological polar surface area (TPSA) is 45.7 Å². The van der Waals surface area contributed by atoms with Crippen LogP contribution in [0.15, 0.2) is 17.2 Å². The highest BCUT2D eigenvalue weighted by Gasteiger charge is 2.10. The molecule has 0 amide bonds. The van der Waals surface area contributed by atoms with E-state index in [9.17, 15) is 0 Å². The molecule has 4 nitrogen and oxygen atoms in total. The van der Waals surface area contributed by atoms with Crippen LogP contribution in [0.5, 0.6) is 5.75 Å². The fraction of sp³-hybridized carbons (Fsp3) is 0.500. The summed E-state index contributed by atoms with van der Waals surface area (Å²) in [5.74, 6) is 1.35. The molecule has 0 heterocycles. The Bertz CT molecular complexity index is 512. The first-order chi connectivity index (χ1) is 9.99. The van der Waals surface area contributed by atoms with Crippen LogP contribution in [0.4, 0.5) is 0 Å². The minimum atomic E-state index is 0.398. The fourth-order valence-electron chi connectivity index (χ4n) is 1.95. The SMILES string of the molecule is CCNC(=S)N/N=C\c1cc(C(C)C)c(OCC)cc1C. The third-order valence-electron chi connectivity index (χ3n) is 3.03. The van der Waals surface area contributed by atoms with Crippen molar-refractivity contribution in [1.82, 2.24) is 10.7 Å². The van der Waals surface area contributed by atoms with E-state index < -0.39 is 0 Å². The summed E-state index contributed by atoms with van der Waals surface area (Å²) >= 11 is 5.07. The molecule has 0 radical (unpaired) electrons. The maximum absolute atomic E-state index is 5.72. The van der Waals surface area contributed by atoms with E-state index in [-0.39, 0.29) is 0 Å². The molecule has 0 spiro atoms. The lowest BCUT2D eigenvalue weighted by Gasteiger charge is -2.15. The Balaban J connectivity index is 2.95. The quantitative estimate of drug-likeness (QED) is 0.481. The monoisotopic (exact) mass is 307 g/mol. The van der Waals surface area contributed by atoms with Crippen LogP contribution >= 0.6 is 12.2 Å². The number of aryl methyl sites for hydroxylation is 1. The van der Waals surface area contributed by atoms with Crippen LogP contribution in [0.2, 0.25) is 0 Å². The first-order valence-corrected chi connectivity index (χ1v) is 7.74. The van der Waals surface area contributed by atoms with E-state index in [0.717, 1.165) is 23.4 Å². The molecule has 0 saturated carbocycles. The number of hydrogen-bond acceptors (Lipinski definition) is 3.